The van der Waals surface area contributed by atoms with Crippen LogP contribution in [0.3, 0.4) is 0 Å². The topological polar surface area (TPSA) is 152 Å². The fourth-order valence-electron chi connectivity index (χ4n) is 6.19. The summed E-state index contributed by atoms with van der Waals surface area (Å²) < 4.78 is 43.5. The molecule has 11 nitrogen and oxygen atoms in total. The van der Waals surface area contributed by atoms with E-state index in [4.69, 9.17) is 11.5 Å². The van der Waals surface area contributed by atoms with Gasteiger partial charge in [0.25, 0.3) is 0 Å². The highest BCUT2D eigenvalue weighted by Gasteiger charge is 2.34. The number of alkyl halides is 3. The quantitative estimate of drug-likeness (QED) is 0.183. The molecule has 1 saturated carbocycles. The third-order valence-electron chi connectivity index (χ3n) is 8.80. The lowest BCUT2D eigenvalue weighted by atomic mass is 9.92. The Kier molecular flexibility index (Phi) is 9.11. The fraction of sp³-hybridized carbons (Fsp3) is 0.438. The Balaban J connectivity index is 1.11. The maximum Gasteiger partial charge on any atom is 0.416 e. The van der Waals surface area contributed by atoms with Gasteiger partial charge in [-0.05, 0) is 81.4 Å². The first-order valence-corrected chi connectivity index (χ1v) is 15.6. The van der Waals surface area contributed by atoms with Crippen molar-refractivity contribution >= 4 is 34.4 Å². The van der Waals surface area contributed by atoms with Crippen molar-refractivity contribution in [2.45, 2.75) is 69.4 Å². The monoisotopic (exact) mass is 636 g/mol. The number of fused-ring (bicyclic) bond motifs is 1. The number of likely N-dealkylation sites (tertiary alicyclic amines) is 1. The second-order valence-corrected chi connectivity index (χ2v) is 12.3. The molecule has 7 N–H and O–H groups in total. The Bertz CT molecular complexity index is 1690. The zero-order valence-corrected chi connectivity index (χ0v) is 25.6. The predicted octanol–water partition coefficient (Wildman–Crippen LogP) is 5.30. The number of carbonyl (C=O) groups is 1. The number of nitrogens with two attached hydrogens (primary N) is 2. The molecule has 2 fully saturated rings. The van der Waals surface area contributed by atoms with E-state index < -0.39 is 17.8 Å². The molecule has 14 heteroatoms. The summed E-state index contributed by atoms with van der Waals surface area (Å²) in [6, 6.07) is 11.3. The summed E-state index contributed by atoms with van der Waals surface area (Å²) in [5.41, 5.74) is 13.7. The molecule has 2 aromatic heterocycles. The van der Waals surface area contributed by atoms with Gasteiger partial charge in [-0.2, -0.15) is 18.3 Å². The lowest BCUT2D eigenvalue weighted by Gasteiger charge is -2.30. The Hall–Kier alpha value is -4.27. The van der Waals surface area contributed by atoms with Gasteiger partial charge in [0.05, 0.1) is 16.8 Å². The van der Waals surface area contributed by atoms with Crippen LogP contribution in [-0.2, 0) is 19.8 Å². The van der Waals surface area contributed by atoms with E-state index in [0.717, 1.165) is 66.8 Å². The minimum atomic E-state index is -4.57. The minimum absolute atomic E-state index is 0.0286. The molecule has 244 valence electrons. The van der Waals surface area contributed by atoms with Crippen molar-refractivity contribution in [3.8, 4) is 11.3 Å². The van der Waals surface area contributed by atoms with Gasteiger partial charge in [0.2, 0.25) is 5.95 Å². The largest absolute Gasteiger partial charge is 0.416 e. The second kappa shape index (κ2) is 13.2. The summed E-state index contributed by atoms with van der Waals surface area (Å²) >= 11 is 0. The SMILES string of the molecule is Cn1nc(NC(=O)Nc2ccc(CN3CCC(N)CC3)c(C(F)(F)F)c2)cc1-c1ccc2nc(N[C@H]3CC[C@H](N)CC3)ncc2c1. The molecule has 1 aliphatic heterocycles. The highest BCUT2D eigenvalue weighted by atomic mass is 19.4. The van der Waals surface area contributed by atoms with Crippen LogP contribution in [0.2, 0.25) is 0 Å². The summed E-state index contributed by atoms with van der Waals surface area (Å²) in [7, 11) is 1.74. The smallest absolute Gasteiger partial charge is 0.351 e. The Morgan fingerprint density at radius 2 is 1.70 bits per heavy atom. The number of anilines is 3. The summed E-state index contributed by atoms with van der Waals surface area (Å²) in [6.07, 6.45) is 2.66. The van der Waals surface area contributed by atoms with E-state index in [0.29, 0.717) is 25.1 Å². The van der Waals surface area contributed by atoms with E-state index in [1.807, 2.05) is 23.1 Å². The molecule has 0 atom stereocenters. The number of urea groups is 1. The van der Waals surface area contributed by atoms with E-state index >= 15 is 0 Å². The van der Waals surface area contributed by atoms with E-state index in [-0.39, 0.29) is 35.7 Å². The zero-order valence-electron chi connectivity index (χ0n) is 25.6. The average Bonchev–Trinajstić information content (AvgIpc) is 3.38. The van der Waals surface area contributed by atoms with Crippen LogP contribution in [0.1, 0.15) is 49.7 Å². The fourth-order valence-corrected chi connectivity index (χ4v) is 6.19. The van der Waals surface area contributed by atoms with Gasteiger partial charge in [-0.1, -0.05) is 12.1 Å². The standard InChI is InChI=1S/C32H39F3N10O/c1-44-28(19-3-9-27-21(14-19)17-38-30(41-27)39-24-7-4-22(36)5-8-24)16-29(43-44)42-31(46)40-25-6-2-20(26(15-25)32(33,34)35)18-45-12-10-23(37)11-13-45/h2-3,6,9,14-17,22-24H,4-5,7-8,10-13,18,36-37H2,1H3,(H,38,39,41)(H2,40,42,43,46)/t22-,24-. The number of aromatic nitrogens is 4. The number of aryl methyl sites for hydroxylation is 1. The molecule has 1 saturated heterocycles. The van der Waals surface area contributed by atoms with Crippen molar-refractivity contribution in [1.82, 2.24) is 24.6 Å². The Labute approximate surface area is 264 Å². The van der Waals surface area contributed by atoms with Gasteiger partial charge in [0.1, 0.15) is 0 Å². The number of benzene rings is 2. The van der Waals surface area contributed by atoms with Crippen molar-refractivity contribution in [3.63, 3.8) is 0 Å². The average molecular weight is 637 g/mol. The van der Waals surface area contributed by atoms with Gasteiger partial charge in [-0.25, -0.2) is 14.8 Å². The summed E-state index contributed by atoms with van der Waals surface area (Å²) in [5, 5.41) is 13.8. The van der Waals surface area contributed by atoms with Gasteiger partial charge in [-0.3, -0.25) is 14.9 Å². The van der Waals surface area contributed by atoms with Crippen LogP contribution < -0.4 is 27.4 Å². The number of nitrogens with zero attached hydrogens (tertiary/aromatic N) is 5. The van der Waals surface area contributed by atoms with E-state index in [9.17, 15) is 18.0 Å². The number of piperidine rings is 1. The molecule has 6 rings (SSSR count). The molecule has 0 unspecified atom stereocenters. The van der Waals surface area contributed by atoms with Crippen molar-refractivity contribution in [2.24, 2.45) is 18.5 Å². The van der Waals surface area contributed by atoms with Crippen molar-refractivity contribution in [2.75, 3.05) is 29.0 Å². The van der Waals surface area contributed by atoms with Crippen molar-refractivity contribution in [1.29, 1.82) is 0 Å². The first-order chi connectivity index (χ1) is 22.0. The number of hydrogen-bond acceptors (Lipinski definition) is 8. The second-order valence-electron chi connectivity index (χ2n) is 12.3. The molecule has 2 aliphatic rings. The van der Waals surface area contributed by atoms with E-state index in [1.165, 1.54) is 12.1 Å². The molecule has 1 aliphatic carbocycles. The van der Waals surface area contributed by atoms with Crippen LogP contribution >= 0.6 is 0 Å². The first-order valence-electron chi connectivity index (χ1n) is 15.6. The molecule has 2 aromatic carbocycles. The van der Waals surface area contributed by atoms with Gasteiger partial charge in [0.15, 0.2) is 5.82 Å². The van der Waals surface area contributed by atoms with Crippen molar-refractivity contribution < 1.29 is 18.0 Å². The van der Waals surface area contributed by atoms with Gasteiger partial charge >= 0.3 is 12.2 Å². The predicted molar refractivity (Wildman–Crippen MR) is 172 cm³/mol. The maximum atomic E-state index is 14.0. The van der Waals surface area contributed by atoms with Gasteiger partial charge in [-0.15, -0.1) is 0 Å². The lowest BCUT2D eigenvalue weighted by molar-refractivity contribution is -0.138. The van der Waals surface area contributed by atoms with Crippen LogP contribution in [0, 0.1) is 0 Å². The van der Waals surface area contributed by atoms with Crippen LogP contribution in [0.4, 0.5) is 35.4 Å². The van der Waals surface area contributed by atoms with Crippen LogP contribution in [0.25, 0.3) is 22.2 Å². The van der Waals surface area contributed by atoms with Crippen LogP contribution in [-0.4, -0.2) is 61.9 Å². The van der Waals surface area contributed by atoms with Gasteiger partial charge < -0.3 is 22.1 Å². The van der Waals surface area contributed by atoms with Gasteiger partial charge in [0, 0.05) is 60.6 Å². The number of halogens is 3. The highest BCUT2D eigenvalue weighted by Crippen LogP contribution is 2.35. The number of rotatable bonds is 7. The van der Waals surface area contributed by atoms with Crippen LogP contribution in [0.5, 0.6) is 0 Å². The zero-order chi connectivity index (χ0) is 32.4. The van der Waals surface area contributed by atoms with Crippen LogP contribution in [0.15, 0.2) is 48.7 Å². The molecule has 0 bridgehead atoms. The number of hydrogen-bond donors (Lipinski definition) is 5. The number of amides is 2. The summed E-state index contributed by atoms with van der Waals surface area (Å²) in [5.74, 6) is 0.831. The molecular weight excluding hydrogens is 597 g/mol. The molecule has 4 aromatic rings. The van der Waals surface area contributed by atoms with E-state index in [2.05, 4.69) is 31.0 Å². The third kappa shape index (κ3) is 7.57. The third-order valence-corrected chi connectivity index (χ3v) is 8.80. The molecule has 3 heterocycles. The lowest BCUT2D eigenvalue weighted by Crippen LogP contribution is -2.39. The summed E-state index contributed by atoms with van der Waals surface area (Å²) in [6.45, 7) is 1.46. The minimum Gasteiger partial charge on any atom is -0.351 e. The molecule has 46 heavy (non-hydrogen) atoms. The Morgan fingerprint density at radius 3 is 2.43 bits per heavy atom. The summed E-state index contributed by atoms with van der Waals surface area (Å²) in [4.78, 5) is 23.9. The maximum absolute atomic E-state index is 14.0. The molecule has 0 radical (unpaired) electrons. The van der Waals surface area contributed by atoms with E-state index in [1.54, 1.807) is 24.0 Å². The first kappa shape index (κ1) is 31.7. The normalized spacial score (nSPS) is 19.7. The Morgan fingerprint density at radius 1 is 0.957 bits per heavy atom. The highest BCUT2D eigenvalue weighted by molar-refractivity contribution is 5.99. The van der Waals surface area contributed by atoms with Crippen molar-refractivity contribution in [3.05, 3.63) is 59.8 Å². The number of nitrogens with one attached hydrogen (secondary N) is 3. The molecule has 0 spiro atoms. The molecular formula is C32H39F3N10O. The molecule has 2 amide bonds. The number of carbonyl (C=O) groups excluding carboxylic acids is 1.